The summed E-state index contributed by atoms with van der Waals surface area (Å²) in [4.78, 5) is 12.3. The zero-order valence-electron chi connectivity index (χ0n) is 12.9. The van der Waals surface area contributed by atoms with Crippen LogP contribution in [0.2, 0.25) is 0 Å². The molecule has 5 nitrogen and oxygen atoms in total. The number of para-hydroxylation sites is 1. The second-order valence-corrected chi connectivity index (χ2v) is 7.51. The quantitative estimate of drug-likeness (QED) is 0.924. The first-order valence-corrected chi connectivity index (χ1v) is 9.08. The van der Waals surface area contributed by atoms with Crippen LogP contribution >= 0.6 is 0 Å². The molecule has 1 fully saturated rings. The predicted octanol–water partition coefficient (Wildman–Crippen LogP) is 2.86. The molecule has 2 aromatic rings. The van der Waals surface area contributed by atoms with Gasteiger partial charge in [-0.3, -0.25) is 4.79 Å². The monoisotopic (exact) mass is 348 g/mol. The highest BCUT2D eigenvalue weighted by atomic mass is 32.2. The molecule has 1 N–H and O–H groups in total. The normalized spacial score (nSPS) is 15.4. The number of nitrogens with zero attached hydrogens (tertiary/aromatic N) is 1. The van der Waals surface area contributed by atoms with Crippen LogP contribution in [0.15, 0.2) is 53.4 Å². The Balaban J connectivity index is 1.77. The van der Waals surface area contributed by atoms with Crippen molar-refractivity contribution in [1.29, 1.82) is 0 Å². The van der Waals surface area contributed by atoms with E-state index in [1.807, 2.05) is 0 Å². The fourth-order valence-corrected chi connectivity index (χ4v) is 4.13. The molecule has 7 heteroatoms. The lowest BCUT2D eigenvalue weighted by Crippen LogP contribution is -2.27. The van der Waals surface area contributed by atoms with Crippen molar-refractivity contribution in [2.24, 2.45) is 0 Å². The number of hydrogen-bond acceptors (Lipinski definition) is 3. The van der Waals surface area contributed by atoms with Crippen molar-refractivity contribution < 1.29 is 17.6 Å². The highest BCUT2D eigenvalue weighted by molar-refractivity contribution is 7.89. The molecule has 0 unspecified atom stereocenters. The number of nitrogens with one attached hydrogen (secondary N) is 1. The molecular weight excluding hydrogens is 331 g/mol. The number of carbonyl (C=O) groups is 1. The van der Waals surface area contributed by atoms with Crippen molar-refractivity contribution >= 4 is 21.6 Å². The third-order valence-electron chi connectivity index (χ3n) is 3.94. The van der Waals surface area contributed by atoms with Gasteiger partial charge in [-0.1, -0.05) is 12.1 Å². The number of halogens is 1. The molecular formula is C17H17FN2O3S. The Labute approximate surface area is 140 Å². The van der Waals surface area contributed by atoms with E-state index in [1.165, 1.54) is 46.8 Å². The Bertz CT molecular complexity index is 844. The average molecular weight is 348 g/mol. The van der Waals surface area contributed by atoms with Crippen LogP contribution in [0.1, 0.15) is 23.2 Å². The minimum Gasteiger partial charge on any atom is -0.319 e. The van der Waals surface area contributed by atoms with Gasteiger partial charge in [-0.2, -0.15) is 4.31 Å². The van der Waals surface area contributed by atoms with Crippen LogP contribution in [0.4, 0.5) is 10.1 Å². The highest BCUT2D eigenvalue weighted by Gasteiger charge is 2.27. The lowest BCUT2D eigenvalue weighted by molar-refractivity contribution is 0.102. The van der Waals surface area contributed by atoms with Crippen LogP contribution in [0, 0.1) is 5.82 Å². The Hall–Kier alpha value is -2.25. The van der Waals surface area contributed by atoms with Gasteiger partial charge >= 0.3 is 0 Å². The molecule has 0 atom stereocenters. The fraction of sp³-hybridized carbons (Fsp3) is 0.235. The van der Waals surface area contributed by atoms with E-state index >= 15 is 0 Å². The maximum atomic E-state index is 13.6. The molecule has 0 saturated carbocycles. The Kier molecular flexibility index (Phi) is 4.64. The summed E-state index contributed by atoms with van der Waals surface area (Å²) >= 11 is 0. The molecule has 126 valence electrons. The van der Waals surface area contributed by atoms with Crippen molar-refractivity contribution in [3.8, 4) is 0 Å². The van der Waals surface area contributed by atoms with Gasteiger partial charge in [0.25, 0.3) is 5.91 Å². The molecule has 1 saturated heterocycles. The van der Waals surface area contributed by atoms with Gasteiger partial charge in [0.05, 0.1) is 10.6 Å². The summed E-state index contributed by atoms with van der Waals surface area (Å²) in [5, 5.41) is 2.47. The van der Waals surface area contributed by atoms with E-state index in [0.717, 1.165) is 12.8 Å². The molecule has 0 aromatic heterocycles. The van der Waals surface area contributed by atoms with E-state index < -0.39 is 21.7 Å². The van der Waals surface area contributed by atoms with Gasteiger partial charge in [0, 0.05) is 18.7 Å². The van der Waals surface area contributed by atoms with Gasteiger partial charge in [0.15, 0.2) is 0 Å². The second-order valence-electron chi connectivity index (χ2n) is 5.57. The van der Waals surface area contributed by atoms with E-state index in [1.54, 1.807) is 6.07 Å². The van der Waals surface area contributed by atoms with Crippen LogP contribution in [0.25, 0.3) is 0 Å². The first-order chi connectivity index (χ1) is 11.5. The molecule has 3 rings (SSSR count). The minimum atomic E-state index is -3.51. The maximum Gasteiger partial charge on any atom is 0.255 e. The van der Waals surface area contributed by atoms with Crippen LogP contribution < -0.4 is 5.32 Å². The third-order valence-corrected chi connectivity index (χ3v) is 5.85. The smallest absolute Gasteiger partial charge is 0.255 e. The van der Waals surface area contributed by atoms with Gasteiger partial charge in [0.2, 0.25) is 10.0 Å². The summed E-state index contributed by atoms with van der Waals surface area (Å²) < 4.78 is 39.9. The van der Waals surface area contributed by atoms with Crippen LogP contribution in [-0.4, -0.2) is 31.7 Å². The average Bonchev–Trinajstić information content (AvgIpc) is 3.12. The summed E-state index contributed by atoms with van der Waals surface area (Å²) in [7, 11) is -3.51. The molecule has 1 aliphatic rings. The lowest BCUT2D eigenvalue weighted by Gasteiger charge is -2.15. The van der Waals surface area contributed by atoms with Crippen LogP contribution in [-0.2, 0) is 10.0 Å². The number of sulfonamides is 1. The Morgan fingerprint density at radius 3 is 2.25 bits per heavy atom. The molecule has 1 aliphatic heterocycles. The number of hydrogen-bond donors (Lipinski definition) is 1. The third kappa shape index (κ3) is 3.32. The summed E-state index contributed by atoms with van der Waals surface area (Å²) in [5.41, 5.74) is 0.342. The molecule has 2 aromatic carbocycles. The first kappa shape index (κ1) is 16.6. The lowest BCUT2D eigenvalue weighted by atomic mass is 10.2. The summed E-state index contributed by atoms with van der Waals surface area (Å²) in [5.74, 6) is -1.02. The molecule has 0 spiro atoms. The van der Waals surface area contributed by atoms with Crippen LogP contribution in [0.5, 0.6) is 0 Å². The summed E-state index contributed by atoms with van der Waals surface area (Å²) in [6.45, 7) is 1.05. The Morgan fingerprint density at radius 1 is 1.00 bits per heavy atom. The zero-order chi connectivity index (χ0) is 17.2. The number of rotatable bonds is 4. The van der Waals surface area contributed by atoms with E-state index in [4.69, 9.17) is 0 Å². The molecule has 0 radical (unpaired) electrons. The number of benzene rings is 2. The molecule has 0 aliphatic carbocycles. The summed E-state index contributed by atoms with van der Waals surface area (Å²) in [6, 6.07) is 11.5. The highest BCUT2D eigenvalue weighted by Crippen LogP contribution is 2.21. The van der Waals surface area contributed by atoms with E-state index in [2.05, 4.69) is 5.32 Å². The van der Waals surface area contributed by atoms with Crippen molar-refractivity contribution in [3.05, 3.63) is 59.9 Å². The topological polar surface area (TPSA) is 66.5 Å². The maximum absolute atomic E-state index is 13.6. The van der Waals surface area contributed by atoms with Crippen molar-refractivity contribution in [1.82, 2.24) is 4.31 Å². The first-order valence-electron chi connectivity index (χ1n) is 7.64. The summed E-state index contributed by atoms with van der Waals surface area (Å²) in [6.07, 6.45) is 1.73. The zero-order valence-corrected chi connectivity index (χ0v) is 13.7. The van der Waals surface area contributed by atoms with Crippen LogP contribution in [0.3, 0.4) is 0 Å². The molecule has 0 bridgehead atoms. The van der Waals surface area contributed by atoms with Gasteiger partial charge in [-0.05, 0) is 49.2 Å². The molecule has 1 heterocycles. The van der Waals surface area contributed by atoms with Crippen molar-refractivity contribution in [3.63, 3.8) is 0 Å². The number of carbonyl (C=O) groups excluding carboxylic acids is 1. The van der Waals surface area contributed by atoms with Gasteiger partial charge in [-0.25, -0.2) is 12.8 Å². The van der Waals surface area contributed by atoms with Gasteiger partial charge in [-0.15, -0.1) is 0 Å². The van der Waals surface area contributed by atoms with E-state index in [-0.39, 0.29) is 16.1 Å². The second kappa shape index (κ2) is 6.70. The minimum absolute atomic E-state index is 0.0799. The Morgan fingerprint density at radius 2 is 1.62 bits per heavy atom. The predicted molar refractivity (Wildman–Crippen MR) is 88.8 cm³/mol. The fourth-order valence-electron chi connectivity index (χ4n) is 2.61. The van der Waals surface area contributed by atoms with Crippen molar-refractivity contribution in [2.75, 3.05) is 18.4 Å². The van der Waals surface area contributed by atoms with Gasteiger partial charge < -0.3 is 5.32 Å². The number of anilines is 1. The SMILES string of the molecule is O=C(Nc1ccccc1F)c1ccc(S(=O)(=O)N2CCCC2)cc1. The van der Waals surface area contributed by atoms with E-state index in [0.29, 0.717) is 13.1 Å². The molecule has 1 amide bonds. The standard InChI is InChI=1S/C17H17FN2O3S/c18-15-5-1-2-6-16(15)19-17(21)13-7-9-14(10-8-13)24(22,23)20-11-3-4-12-20/h1-2,5-10H,3-4,11-12H2,(H,19,21). The molecule has 24 heavy (non-hydrogen) atoms. The van der Waals surface area contributed by atoms with Crippen molar-refractivity contribution in [2.45, 2.75) is 17.7 Å². The number of amides is 1. The largest absolute Gasteiger partial charge is 0.319 e. The van der Waals surface area contributed by atoms with E-state index in [9.17, 15) is 17.6 Å². The van der Waals surface area contributed by atoms with Gasteiger partial charge in [0.1, 0.15) is 5.82 Å².